The van der Waals surface area contributed by atoms with Crippen LogP contribution in [0.3, 0.4) is 0 Å². The van der Waals surface area contributed by atoms with Crippen molar-refractivity contribution in [1.29, 1.82) is 0 Å². The molecule has 0 heterocycles. The maximum absolute atomic E-state index is 12.7. The Hall–Kier alpha value is -1.00. The first kappa shape index (κ1) is 9.09. The Morgan fingerprint density at radius 1 is 1.42 bits per heavy atom. The monoisotopic (exact) mass is 173 g/mol. The third kappa shape index (κ3) is 1.78. The van der Waals surface area contributed by atoms with E-state index in [1.165, 1.54) is 13.0 Å². The zero-order valence-corrected chi connectivity index (χ0v) is 6.56. The molecule has 1 aromatic carbocycles. The number of aryl methyl sites for hydroxylation is 1. The Balaban J connectivity index is 3.04. The molecule has 0 spiro atoms. The average molecular weight is 173 g/mol. The standard InChI is InChI=1S/C8H9F2NO/c1-5-2-6(4-11-12)3-7(9)8(5)10/h2-3,11-12H,4H2,1H3. The molecule has 0 unspecified atom stereocenters. The fourth-order valence-corrected chi connectivity index (χ4v) is 0.991. The van der Waals surface area contributed by atoms with Crippen molar-refractivity contribution in [3.63, 3.8) is 0 Å². The number of hydrogen-bond acceptors (Lipinski definition) is 2. The lowest BCUT2D eigenvalue weighted by Crippen LogP contribution is -2.07. The van der Waals surface area contributed by atoms with Crippen molar-refractivity contribution in [3.8, 4) is 0 Å². The third-order valence-corrected chi connectivity index (χ3v) is 1.55. The molecule has 1 aromatic rings. The zero-order valence-electron chi connectivity index (χ0n) is 6.56. The van der Waals surface area contributed by atoms with Crippen LogP contribution in [0.2, 0.25) is 0 Å². The van der Waals surface area contributed by atoms with Crippen LogP contribution < -0.4 is 5.48 Å². The van der Waals surface area contributed by atoms with E-state index in [0.717, 1.165) is 6.07 Å². The highest BCUT2D eigenvalue weighted by Crippen LogP contribution is 2.13. The predicted molar refractivity (Wildman–Crippen MR) is 39.7 cm³/mol. The van der Waals surface area contributed by atoms with E-state index in [0.29, 0.717) is 5.56 Å². The highest BCUT2D eigenvalue weighted by Gasteiger charge is 2.06. The molecule has 0 aliphatic rings. The van der Waals surface area contributed by atoms with Gasteiger partial charge in [0.2, 0.25) is 0 Å². The fourth-order valence-electron chi connectivity index (χ4n) is 0.991. The Bertz CT molecular complexity index is 265. The molecule has 0 amide bonds. The summed E-state index contributed by atoms with van der Waals surface area (Å²) in [5.74, 6) is -1.73. The average Bonchev–Trinajstić information content (AvgIpc) is 2.01. The van der Waals surface area contributed by atoms with Gasteiger partial charge in [-0.2, -0.15) is 0 Å². The Kier molecular flexibility index (Phi) is 2.73. The zero-order chi connectivity index (χ0) is 9.14. The summed E-state index contributed by atoms with van der Waals surface area (Å²) in [6.07, 6.45) is 0. The first-order chi connectivity index (χ1) is 5.65. The van der Waals surface area contributed by atoms with Crippen molar-refractivity contribution >= 4 is 0 Å². The summed E-state index contributed by atoms with van der Waals surface area (Å²) in [7, 11) is 0. The van der Waals surface area contributed by atoms with Crippen molar-refractivity contribution in [2.24, 2.45) is 0 Å². The molecule has 0 saturated heterocycles. The molecule has 0 atom stereocenters. The van der Waals surface area contributed by atoms with Crippen molar-refractivity contribution in [3.05, 3.63) is 34.9 Å². The van der Waals surface area contributed by atoms with Gasteiger partial charge in [-0.1, -0.05) is 6.07 Å². The molecular formula is C8H9F2NO. The van der Waals surface area contributed by atoms with E-state index in [1.807, 2.05) is 5.48 Å². The smallest absolute Gasteiger partial charge is 0.161 e. The van der Waals surface area contributed by atoms with Crippen molar-refractivity contribution in [2.75, 3.05) is 0 Å². The fraction of sp³-hybridized carbons (Fsp3) is 0.250. The lowest BCUT2D eigenvalue weighted by atomic mass is 10.1. The van der Waals surface area contributed by atoms with Crippen LogP contribution in [-0.2, 0) is 6.54 Å². The summed E-state index contributed by atoms with van der Waals surface area (Å²) < 4.78 is 25.4. The molecule has 0 fully saturated rings. The van der Waals surface area contributed by atoms with Gasteiger partial charge in [0.15, 0.2) is 11.6 Å². The van der Waals surface area contributed by atoms with Crippen molar-refractivity contribution in [1.82, 2.24) is 5.48 Å². The largest absolute Gasteiger partial charge is 0.316 e. The summed E-state index contributed by atoms with van der Waals surface area (Å²) in [5.41, 5.74) is 2.61. The van der Waals surface area contributed by atoms with Gasteiger partial charge in [0.1, 0.15) is 0 Å². The van der Waals surface area contributed by atoms with Crippen molar-refractivity contribution in [2.45, 2.75) is 13.5 Å². The second-order valence-corrected chi connectivity index (χ2v) is 2.54. The lowest BCUT2D eigenvalue weighted by Gasteiger charge is -2.02. The van der Waals surface area contributed by atoms with Crippen LogP contribution in [-0.4, -0.2) is 5.21 Å². The van der Waals surface area contributed by atoms with Crippen LogP contribution in [0.15, 0.2) is 12.1 Å². The van der Waals surface area contributed by atoms with E-state index < -0.39 is 11.6 Å². The molecule has 0 aliphatic heterocycles. The maximum Gasteiger partial charge on any atom is 0.161 e. The molecule has 2 N–H and O–H groups in total. The molecule has 1 rings (SSSR count). The van der Waals surface area contributed by atoms with Gasteiger partial charge in [-0.15, -0.1) is 0 Å². The van der Waals surface area contributed by atoms with E-state index >= 15 is 0 Å². The molecular weight excluding hydrogens is 164 g/mol. The van der Waals surface area contributed by atoms with E-state index in [4.69, 9.17) is 5.21 Å². The SMILES string of the molecule is Cc1cc(CNO)cc(F)c1F. The Morgan fingerprint density at radius 3 is 2.58 bits per heavy atom. The molecule has 0 saturated carbocycles. The first-order valence-electron chi connectivity index (χ1n) is 3.46. The third-order valence-electron chi connectivity index (χ3n) is 1.55. The summed E-state index contributed by atoms with van der Waals surface area (Å²) in [5, 5.41) is 8.30. The number of hydroxylamine groups is 1. The number of rotatable bonds is 2. The van der Waals surface area contributed by atoms with Gasteiger partial charge in [0.25, 0.3) is 0 Å². The van der Waals surface area contributed by atoms with Crippen molar-refractivity contribution < 1.29 is 14.0 Å². The van der Waals surface area contributed by atoms with Gasteiger partial charge >= 0.3 is 0 Å². The van der Waals surface area contributed by atoms with Crippen LogP contribution in [0.1, 0.15) is 11.1 Å². The second-order valence-electron chi connectivity index (χ2n) is 2.54. The van der Waals surface area contributed by atoms with Crippen LogP contribution in [0.25, 0.3) is 0 Å². The molecule has 12 heavy (non-hydrogen) atoms. The number of benzene rings is 1. The number of halogens is 2. The summed E-state index contributed by atoms with van der Waals surface area (Å²) in [6.45, 7) is 1.58. The summed E-state index contributed by atoms with van der Waals surface area (Å²) >= 11 is 0. The van der Waals surface area contributed by atoms with Crippen LogP contribution >= 0.6 is 0 Å². The lowest BCUT2D eigenvalue weighted by molar-refractivity contribution is 0.161. The normalized spacial score (nSPS) is 10.3. The Morgan fingerprint density at radius 2 is 2.08 bits per heavy atom. The van der Waals surface area contributed by atoms with E-state index in [1.54, 1.807) is 0 Å². The molecule has 0 aliphatic carbocycles. The van der Waals surface area contributed by atoms with Crippen LogP contribution in [0, 0.1) is 18.6 Å². The molecule has 4 heteroatoms. The Labute approximate surface area is 68.8 Å². The highest BCUT2D eigenvalue weighted by atomic mass is 19.2. The summed E-state index contributed by atoms with van der Waals surface area (Å²) in [4.78, 5) is 0. The molecule has 0 aromatic heterocycles. The minimum Gasteiger partial charge on any atom is -0.316 e. The summed E-state index contributed by atoms with van der Waals surface area (Å²) in [6, 6.07) is 2.52. The predicted octanol–water partition coefficient (Wildman–Crippen LogP) is 1.75. The second kappa shape index (κ2) is 3.60. The minimum absolute atomic E-state index is 0.109. The van der Waals surface area contributed by atoms with E-state index in [9.17, 15) is 8.78 Å². The molecule has 66 valence electrons. The molecule has 2 nitrogen and oxygen atoms in total. The molecule has 0 bridgehead atoms. The first-order valence-corrected chi connectivity index (χ1v) is 3.46. The van der Waals surface area contributed by atoms with Gasteiger partial charge in [0, 0.05) is 6.54 Å². The number of hydrogen-bond donors (Lipinski definition) is 2. The maximum atomic E-state index is 12.7. The minimum atomic E-state index is -0.889. The van der Waals surface area contributed by atoms with E-state index in [2.05, 4.69) is 0 Å². The molecule has 0 radical (unpaired) electrons. The van der Waals surface area contributed by atoms with Gasteiger partial charge < -0.3 is 5.21 Å². The quantitative estimate of drug-likeness (QED) is 0.668. The van der Waals surface area contributed by atoms with Gasteiger partial charge in [0.05, 0.1) is 0 Å². The highest BCUT2D eigenvalue weighted by molar-refractivity contribution is 5.25. The van der Waals surface area contributed by atoms with Crippen LogP contribution in [0.5, 0.6) is 0 Å². The topological polar surface area (TPSA) is 32.3 Å². The van der Waals surface area contributed by atoms with Gasteiger partial charge in [-0.05, 0) is 24.1 Å². The van der Waals surface area contributed by atoms with E-state index in [-0.39, 0.29) is 12.1 Å². The van der Waals surface area contributed by atoms with Gasteiger partial charge in [-0.25, -0.2) is 14.3 Å². The van der Waals surface area contributed by atoms with Crippen LogP contribution in [0.4, 0.5) is 8.78 Å². The number of nitrogens with one attached hydrogen (secondary N) is 1. The van der Waals surface area contributed by atoms with Gasteiger partial charge in [-0.3, -0.25) is 0 Å².